The van der Waals surface area contributed by atoms with Gasteiger partial charge in [-0.05, 0) is 50.7 Å². The number of amides is 1. The summed E-state index contributed by atoms with van der Waals surface area (Å²) in [5, 5.41) is 21.8. The van der Waals surface area contributed by atoms with Gasteiger partial charge in [-0.3, -0.25) is 14.4 Å². The van der Waals surface area contributed by atoms with Crippen LogP contribution >= 0.6 is 0 Å². The second-order valence-electron chi connectivity index (χ2n) is 11.7. The summed E-state index contributed by atoms with van der Waals surface area (Å²) in [5.74, 6) is -2.05. The highest BCUT2D eigenvalue weighted by Crippen LogP contribution is 2.41. The number of hydrogen-bond donors (Lipinski definition) is 4. The normalized spacial score (nSPS) is 25.7. The van der Waals surface area contributed by atoms with Crippen LogP contribution < -0.4 is 11.5 Å². The average Bonchev–Trinajstić information content (AvgIpc) is 3.72. The maximum absolute atomic E-state index is 12.8. The Morgan fingerprint density at radius 3 is 2.56 bits per heavy atom. The number of nitriles is 1. The number of aliphatic hydroxyl groups is 1. The molecule has 236 valence electrons. The van der Waals surface area contributed by atoms with E-state index in [-0.39, 0.29) is 42.1 Å². The summed E-state index contributed by atoms with van der Waals surface area (Å²) < 4.78 is 22.3. The lowest BCUT2D eigenvalue weighted by Crippen LogP contribution is -2.46. The van der Waals surface area contributed by atoms with Gasteiger partial charge in [-0.1, -0.05) is 26.7 Å². The molecule has 1 aromatic heterocycles. The van der Waals surface area contributed by atoms with Gasteiger partial charge in [0.25, 0.3) is 5.91 Å². The van der Waals surface area contributed by atoms with E-state index in [1.54, 1.807) is 13.8 Å². The second kappa shape index (κ2) is 14.2. The van der Waals surface area contributed by atoms with E-state index in [4.69, 9.17) is 30.4 Å². The first-order chi connectivity index (χ1) is 20.3. The molecule has 5 atom stereocenters. The number of nitrogens with two attached hydrogens (primary N) is 2. The number of aliphatic hydroxyl groups excluding tert-OH is 1. The number of hydrogen-bond acceptors (Lipinski definition) is 10. The fourth-order valence-corrected chi connectivity index (χ4v) is 4.91. The molecule has 1 aliphatic carbocycles. The number of nitrogens with one attached hydrogen (secondary N) is 1. The molecular formula is C29H42N6O8. The van der Waals surface area contributed by atoms with Crippen molar-refractivity contribution in [3.63, 3.8) is 0 Å². The van der Waals surface area contributed by atoms with Crippen molar-refractivity contribution >= 4 is 30.0 Å². The third-order valence-corrected chi connectivity index (χ3v) is 7.94. The van der Waals surface area contributed by atoms with Crippen molar-refractivity contribution in [3.05, 3.63) is 23.5 Å². The van der Waals surface area contributed by atoms with Gasteiger partial charge < -0.3 is 40.5 Å². The molecule has 1 saturated carbocycles. The van der Waals surface area contributed by atoms with Gasteiger partial charge in [-0.25, -0.2) is 4.99 Å². The van der Waals surface area contributed by atoms with E-state index in [1.165, 1.54) is 33.1 Å². The number of esters is 2. The third-order valence-electron chi connectivity index (χ3n) is 7.94. The van der Waals surface area contributed by atoms with Crippen LogP contribution in [-0.4, -0.2) is 83.8 Å². The first kappa shape index (κ1) is 33.9. The van der Waals surface area contributed by atoms with Gasteiger partial charge >= 0.3 is 11.9 Å². The zero-order chi connectivity index (χ0) is 31.9. The molecule has 0 unspecified atom stereocenters. The fraction of sp³-hybridized carbons (Fsp3) is 0.655. The molecule has 2 heterocycles. The number of carbonyl (C=O) groups is 3. The van der Waals surface area contributed by atoms with Crippen LogP contribution in [-0.2, 0) is 38.9 Å². The van der Waals surface area contributed by atoms with E-state index in [9.17, 15) is 24.8 Å². The quantitative estimate of drug-likeness (QED) is 0.160. The van der Waals surface area contributed by atoms with Crippen LogP contribution in [0, 0.1) is 23.2 Å². The molecule has 0 spiro atoms. The topological polar surface area (TPSA) is 225 Å². The Hall–Kier alpha value is -3.64. The minimum Gasteiger partial charge on any atom is -0.463 e. The zero-order valence-corrected chi connectivity index (χ0v) is 25.2. The maximum Gasteiger partial charge on any atom is 0.323 e. The number of aromatic nitrogens is 1. The minimum atomic E-state index is -2.10. The van der Waals surface area contributed by atoms with Gasteiger partial charge in [0.15, 0.2) is 11.9 Å². The van der Waals surface area contributed by atoms with E-state index in [1.807, 2.05) is 6.07 Å². The van der Waals surface area contributed by atoms with E-state index in [2.05, 4.69) is 15.0 Å². The molecule has 6 N–H and O–H groups in total. The Kier molecular flexibility index (Phi) is 11.2. The number of ether oxygens (including phenoxy) is 4. The standard InChI is InChI=1S/C29H42N6O8/c1-16(2)22(32)26(38)42-23-19(13-41-21(36)12-17-8-6-7-9-17)43-29(14-30,24(23)37)20-11-10-18(34-20)25(33-15-31)35-27(39)28(3,4)40-5/h10-11,15-17,19,22-24,34,37H,6-9,12-13,32H2,1-5H3,(H2,31,33,35,39)/t19-,22-,23-,24-,29+/m1/s1. The summed E-state index contributed by atoms with van der Waals surface area (Å²) in [5.41, 5.74) is 8.32. The molecule has 0 radical (unpaired) electrons. The lowest BCUT2D eigenvalue weighted by Gasteiger charge is -2.25. The predicted molar refractivity (Wildman–Crippen MR) is 155 cm³/mol. The predicted octanol–water partition coefficient (Wildman–Crippen LogP) is 1.20. The Labute approximate surface area is 250 Å². The fourth-order valence-electron chi connectivity index (χ4n) is 4.91. The lowest BCUT2D eigenvalue weighted by molar-refractivity contribution is -0.162. The summed E-state index contributed by atoms with van der Waals surface area (Å²) in [6, 6.07) is 3.87. The van der Waals surface area contributed by atoms with E-state index in [0.29, 0.717) is 0 Å². The van der Waals surface area contributed by atoms with Crippen molar-refractivity contribution in [2.75, 3.05) is 13.7 Å². The molecule has 1 aliphatic heterocycles. The van der Waals surface area contributed by atoms with Crippen molar-refractivity contribution in [3.8, 4) is 6.07 Å². The molecule has 1 amide bonds. The molecule has 43 heavy (non-hydrogen) atoms. The van der Waals surface area contributed by atoms with E-state index < -0.39 is 53.4 Å². The molecule has 0 bridgehead atoms. The SMILES string of the molecule is COC(C)(C)C(=O)N=C(N=CN)c1ccc([C@]2(C#N)O[C@H](COC(=O)CC3CCCC3)[C@@H](OC(=O)[C@H](N)C(C)C)[C@H]2O)[nH]1. The number of amidine groups is 1. The molecule has 0 aromatic carbocycles. The lowest BCUT2D eigenvalue weighted by atomic mass is 9.92. The number of aliphatic imine (C=N–C) groups is 2. The summed E-state index contributed by atoms with van der Waals surface area (Å²) in [6.45, 7) is 6.15. The van der Waals surface area contributed by atoms with Crippen LogP contribution in [0.2, 0.25) is 0 Å². The van der Waals surface area contributed by atoms with Gasteiger partial charge in [0.05, 0.1) is 17.7 Å². The summed E-state index contributed by atoms with van der Waals surface area (Å²) in [7, 11) is 1.36. The number of carbonyl (C=O) groups excluding carboxylic acids is 3. The molecule has 1 aromatic rings. The van der Waals surface area contributed by atoms with Crippen LogP contribution in [0.15, 0.2) is 22.1 Å². The second-order valence-corrected chi connectivity index (χ2v) is 11.7. The molecular weight excluding hydrogens is 560 g/mol. The Morgan fingerprint density at radius 2 is 1.98 bits per heavy atom. The summed E-state index contributed by atoms with van der Waals surface area (Å²) in [4.78, 5) is 48.9. The Morgan fingerprint density at radius 1 is 1.30 bits per heavy atom. The van der Waals surface area contributed by atoms with Gasteiger partial charge in [0, 0.05) is 13.5 Å². The summed E-state index contributed by atoms with van der Waals surface area (Å²) >= 11 is 0. The molecule has 2 fully saturated rings. The number of methoxy groups -OCH3 is 1. The molecule has 14 heteroatoms. The highest BCUT2D eigenvalue weighted by atomic mass is 16.6. The van der Waals surface area contributed by atoms with Crippen molar-refractivity contribution in [2.45, 2.75) is 95.4 Å². The zero-order valence-electron chi connectivity index (χ0n) is 25.2. The van der Waals surface area contributed by atoms with Crippen molar-refractivity contribution < 1.29 is 38.4 Å². The molecule has 2 aliphatic rings. The highest BCUT2D eigenvalue weighted by Gasteiger charge is 2.59. The maximum atomic E-state index is 12.8. The molecule has 3 rings (SSSR count). The molecule has 14 nitrogen and oxygen atoms in total. The van der Waals surface area contributed by atoms with Crippen LogP contribution in [0.4, 0.5) is 0 Å². The van der Waals surface area contributed by atoms with Crippen LogP contribution in [0.1, 0.15) is 71.2 Å². The van der Waals surface area contributed by atoms with Crippen molar-refractivity contribution in [2.24, 2.45) is 33.3 Å². The number of H-pyrrole nitrogens is 1. The van der Waals surface area contributed by atoms with Crippen LogP contribution in [0.25, 0.3) is 0 Å². The monoisotopic (exact) mass is 602 g/mol. The Balaban J connectivity index is 1.93. The first-order valence-electron chi connectivity index (χ1n) is 14.3. The minimum absolute atomic E-state index is 0.0462. The largest absolute Gasteiger partial charge is 0.463 e. The number of nitrogens with zero attached hydrogens (tertiary/aromatic N) is 3. The first-order valence-corrected chi connectivity index (χ1v) is 14.3. The van der Waals surface area contributed by atoms with Crippen molar-refractivity contribution in [1.82, 2.24) is 4.98 Å². The number of aromatic amines is 1. The average molecular weight is 603 g/mol. The third kappa shape index (κ3) is 7.66. The van der Waals surface area contributed by atoms with Gasteiger partial charge in [0.1, 0.15) is 36.5 Å². The number of rotatable bonds is 11. The van der Waals surface area contributed by atoms with E-state index >= 15 is 0 Å². The van der Waals surface area contributed by atoms with Crippen LogP contribution in [0.3, 0.4) is 0 Å². The van der Waals surface area contributed by atoms with E-state index in [0.717, 1.165) is 32.0 Å². The summed E-state index contributed by atoms with van der Waals surface area (Å²) in [6.07, 6.45) is 0.879. The molecule has 1 saturated heterocycles. The smallest absolute Gasteiger partial charge is 0.323 e. The van der Waals surface area contributed by atoms with Gasteiger partial charge in [-0.15, -0.1) is 0 Å². The van der Waals surface area contributed by atoms with Crippen LogP contribution in [0.5, 0.6) is 0 Å². The van der Waals surface area contributed by atoms with Gasteiger partial charge in [0.2, 0.25) is 5.60 Å². The Bertz CT molecular complexity index is 1260. The van der Waals surface area contributed by atoms with Crippen molar-refractivity contribution in [1.29, 1.82) is 5.26 Å². The highest BCUT2D eigenvalue weighted by molar-refractivity contribution is 6.08. The van der Waals surface area contributed by atoms with Gasteiger partial charge in [-0.2, -0.15) is 10.3 Å².